The van der Waals surface area contributed by atoms with Gasteiger partial charge in [0.2, 0.25) is 0 Å². The van der Waals surface area contributed by atoms with Crippen LogP contribution in [0.15, 0.2) is 98.1 Å². The van der Waals surface area contributed by atoms with Crippen LogP contribution in [0, 0.1) is 0 Å². The van der Waals surface area contributed by atoms with E-state index in [1.54, 1.807) is 0 Å². The molecule has 1 aromatic heterocycles. The maximum Gasteiger partial charge on any atom is 1.00 e. The molecule has 22 heteroatoms. The minimum absolute atomic E-state index is 0. The van der Waals surface area contributed by atoms with Gasteiger partial charge in [0.15, 0.2) is 11.9 Å². The number of nitrogens with zero attached hydrogens (tertiary/aromatic N) is 3. The van der Waals surface area contributed by atoms with Gasteiger partial charge in [0.25, 0.3) is 17.4 Å². The third kappa shape index (κ3) is 11.9. The van der Waals surface area contributed by atoms with Gasteiger partial charge in [-0.3, -0.25) is 24.5 Å². The van der Waals surface area contributed by atoms with Crippen LogP contribution in [0.25, 0.3) is 6.08 Å². The summed E-state index contributed by atoms with van der Waals surface area (Å²) in [6.45, 7) is -1.86. The average molecular weight is 791 g/mol. The largest absolute Gasteiger partial charge is 1.00 e. The molecule has 0 saturated carbocycles. The molecule has 2 heterocycles. The average Bonchev–Trinajstić information content (AvgIpc) is 3.56. The van der Waals surface area contributed by atoms with Crippen molar-refractivity contribution in [1.82, 2.24) is 25.4 Å². The summed E-state index contributed by atoms with van der Waals surface area (Å²) >= 11 is 0. The monoisotopic (exact) mass is 790 g/mol. The van der Waals surface area contributed by atoms with Crippen molar-refractivity contribution in [3.05, 3.63) is 111 Å². The fourth-order valence-electron chi connectivity index (χ4n) is 4.91. The number of carbonyl (C=O) groups excluding carboxylic acids is 2. The molecule has 0 bridgehead atoms. The Bertz CT molecular complexity index is 2200. The third-order valence-electron chi connectivity index (χ3n) is 7.20. The molecule has 0 saturated heterocycles. The van der Waals surface area contributed by atoms with Crippen molar-refractivity contribution < 1.29 is 110 Å². The molecule has 1 aliphatic heterocycles. The molecule has 272 valence electrons. The van der Waals surface area contributed by atoms with E-state index in [1.165, 1.54) is 66.8 Å². The third-order valence-corrected chi connectivity index (χ3v) is 9.07. The molecule has 1 aliphatic rings. The summed E-state index contributed by atoms with van der Waals surface area (Å²) in [6, 6.07) is 10.5. The number of allylic oxidation sites excluding steroid dienone is 4. The Morgan fingerprint density at radius 3 is 1.91 bits per heavy atom. The first-order valence-electron chi connectivity index (χ1n) is 14.9. The SMILES string of the molecule is O=C(NCCO)C1=NN(Cc2ccccc2S(=O)(=O)[O-])[C@H](O)/C1=C\C=CC=Cc1c(C(=O)NCCO)[nH]n(Cc2ccccc2S(=O)(=O)[O-])c1=O.[Na+].[Na+]. The van der Waals surface area contributed by atoms with Gasteiger partial charge in [-0.05, 0) is 29.3 Å². The molecule has 18 nitrogen and oxygen atoms in total. The van der Waals surface area contributed by atoms with Gasteiger partial charge < -0.3 is 35.1 Å². The maximum absolute atomic E-state index is 13.3. The molecule has 0 radical (unpaired) electrons. The molecule has 4 rings (SSSR count). The zero-order chi connectivity index (χ0) is 37.3. The van der Waals surface area contributed by atoms with E-state index < -0.39 is 73.4 Å². The number of benzene rings is 2. The summed E-state index contributed by atoms with van der Waals surface area (Å²) in [5, 5.41) is 41.8. The number of hydrogen-bond acceptors (Lipinski definition) is 14. The molecule has 3 aromatic rings. The second kappa shape index (κ2) is 20.5. The molecule has 0 fully saturated rings. The Morgan fingerprint density at radius 1 is 0.830 bits per heavy atom. The van der Waals surface area contributed by atoms with E-state index in [0.29, 0.717) is 0 Å². The topological polar surface area (TPSA) is 287 Å². The number of nitrogens with one attached hydrogen (secondary N) is 3. The number of amides is 2. The van der Waals surface area contributed by atoms with E-state index in [1.807, 2.05) is 0 Å². The quantitative estimate of drug-likeness (QED) is 0.0475. The van der Waals surface area contributed by atoms with Crippen LogP contribution in [0.5, 0.6) is 0 Å². The van der Waals surface area contributed by atoms with Crippen molar-refractivity contribution in [2.75, 3.05) is 26.3 Å². The predicted molar refractivity (Wildman–Crippen MR) is 178 cm³/mol. The summed E-state index contributed by atoms with van der Waals surface area (Å²) < 4.78 is 71.4. The number of aromatic nitrogens is 2. The molecule has 6 N–H and O–H groups in total. The Kier molecular flexibility index (Phi) is 17.7. The zero-order valence-corrected chi connectivity index (χ0v) is 34.1. The van der Waals surface area contributed by atoms with E-state index >= 15 is 0 Å². The molecule has 0 spiro atoms. The van der Waals surface area contributed by atoms with Crippen molar-refractivity contribution in [2.45, 2.75) is 29.1 Å². The smallest absolute Gasteiger partial charge is 0.744 e. The summed E-state index contributed by atoms with van der Waals surface area (Å²) in [5.74, 6) is -1.55. The van der Waals surface area contributed by atoms with Gasteiger partial charge in [0.05, 0.1) is 41.7 Å². The van der Waals surface area contributed by atoms with Crippen LogP contribution in [-0.4, -0.2) is 106 Å². The van der Waals surface area contributed by atoms with E-state index in [9.17, 15) is 45.4 Å². The van der Waals surface area contributed by atoms with Crippen LogP contribution < -0.4 is 75.3 Å². The van der Waals surface area contributed by atoms with Crippen LogP contribution in [0.1, 0.15) is 27.2 Å². The molecule has 2 amide bonds. The van der Waals surface area contributed by atoms with Gasteiger partial charge in [0.1, 0.15) is 25.9 Å². The summed E-state index contributed by atoms with van der Waals surface area (Å²) in [7, 11) is -9.76. The Balaban J connectivity index is 0.00000486. The minimum atomic E-state index is -4.89. The van der Waals surface area contributed by atoms with Crippen LogP contribution in [0.2, 0.25) is 0 Å². The van der Waals surface area contributed by atoms with Crippen molar-refractivity contribution in [3.63, 3.8) is 0 Å². The number of hydrazone groups is 1. The Labute approximate surface area is 348 Å². The normalized spacial score (nSPS) is 15.3. The summed E-state index contributed by atoms with van der Waals surface area (Å²) in [5.41, 5.74) is -1.49. The van der Waals surface area contributed by atoms with Crippen LogP contribution >= 0.6 is 0 Å². The number of aliphatic hydroxyl groups is 3. The molecule has 0 unspecified atom stereocenters. The van der Waals surface area contributed by atoms with Gasteiger partial charge in [-0.25, -0.2) is 21.5 Å². The number of carbonyl (C=O) groups is 2. The van der Waals surface area contributed by atoms with Gasteiger partial charge in [-0.1, -0.05) is 60.7 Å². The fourth-order valence-corrected chi connectivity index (χ4v) is 6.31. The van der Waals surface area contributed by atoms with Crippen molar-refractivity contribution in [2.24, 2.45) is 5.10 Å². The minimum Gasteiger partial charge on any atom is -0.744 e. The number of aromatic amines is 1. The Morgan fingerprint density at radius 2 is 1.36 bits per heavy atom. The van der Waals surface area contributed by atoms with Gasteiger partial charge in [-0.2, -0.15) is 5.10 Å². The van der Waals surface area contributed by atoms with Gasteiger partial charge >= 0.3 is 59.1 Å². The number of aliphatic hydroxyl groups excluding tert-OH is 3. The maximum atomic E-state index is 13.3. The molecular weight excluding hydrogens is 758 g/mol. The van der Waals surface area contributed by atoms with Gasteiger partial charge in [0, 0.05) is 18.7 Å². The van der Waals surface area contributed by atoms with Crippen LogP contribution in [0.3, 0.4) is 0 Å². The number of H-pyrrole nitrogens is 1. The first-order chi connectivity index (χ1) is 24.2. The fraction of sp³-hybridized carbons (Fsp3) is 0.226. The van der Waals surface area contributed by atoms with Crippen molar-refractivity contribution in [1.29, 1.82) is 0 Å². The second-order valence-electron chi connectivity index (χ2n) is 10.7. The van der Waals surface area contributed by atoms with Gasteiger partial charge in [-0.15, -0.1) is 0 Å². The van der Waals surface area contributed by atoms with Crippen LogP contribution in [0.4, 0.5) is 0 Å². The molecular formula is C31H32N6Na2O12S2. The predicted octanol–water partition coefficient (Wildman–Crippen LogP) is -7.44. The number of rotatable bonds is 15. The van der Waals surface area contributed by atoms with Crippen molar-refractivity contribution >= 4 is 43.8 Å². The summed E-state index contributed by atoms with van der Waals surface area (Å²) in [6.07, 6.45) is 5.02. The summed E-state index contributed by atoms with van der Waals surface area (Å²) in [4.78, 5) is 37.9. The number of hydrogen-bond donors (Lipinski definition) is 6. The first-order valence-corrected chi connectivity index (χ1v) is 17.8. The van der Waals surface area contributed by atoms with E-state index in [4.69, 9.17) is 10.2 Å². The van der Waals surface area contributed by atoms with Crippen molar-refractivity contribution in [3.8, 4) is 0 Å². The van der Waals surface area contributed by atoms with Crippen LogP contribution in [-0.2, 0) is 38.1 Å². The molecule has 0 aliphatic carbocycles. The molecule has 1 atom stereocenters. The second-order valence-corrected chi connectivity index (χ2v) is 13.4. The molecule has 2 aromatic carbocycles. The van der Waals surface area contributed by atoms with E-state index in [-0.39, 0.29) is 112 Å². The zero-order valence-electron chi connectivity index (χ0n) is 28.5. The van der Waals surface area contributed by atoms with E-state index in [2.05, 4.69) is 20.8 Å². The molecule has 53 heavy (non-hydrogen) atoms. The van der Waals surface area contributed by atoms with E-state index in [0.717, 1.165) is 21.8 Å². The Hall–Kier alpha value is -3.22. The first kappa shape index (κ1) is 45.9. The standard InChI is InChI=1S/C31H34N6O12S2.2Na/c38-16-14-32-28(40)26-22(30(42)36(34-26)18-20-8-4-6-12-24(20)50(44,45)46)10-2-1-3-11-23-27(29(41)33-15-17-39)35-37(31(23)43)19-21-9-5-7-13-25(21)51(47,48)49;;/h1-13,30,35,38-39,42H,14-19H2,(H,32,40)(H,33,41)(H,44,45,46)(H,47,48,49);;/q;2*+1/p-2/b2-1?,11-3?,22-10-;;/t30-;;/m1../s1.